The van der Waals surface area contributed by atoms with Gasteiger partial charge in [-0.1, -0.05) is 13.8 Å². The molecule has 4 nitrogen and oxygen atoms in total. The Balaban J connectivity index is 2.71. The summed E-state index contributed by atoms with van der Waals surface area (Å²) in [5.74, 6) is 0. The summed E-state index contributed by atoms with van der Waals surface area (Å²) >= 11 is 0. The number of hydrogen-bond acceptors (Lipinski definition) is 3. The first kappa shape index (κ1) is 17.2. The first-order valence-corrected chi connectivity index (χ1v) is 7.96. The van der Waals surface area contributed by atoms with Crippen molar-refractivity contribution >= 4 is 0 Å². The fourth-order valence-corrected chi connectivity index (χ4v) is 3.08. The summed E-state index contributed by atoms with van der Waals surface area (Å²) in [4.78, 5) is 2.46. The van der Waals surface area contributed by atoms with Crippen LogP contribution in [0.4, 0.5) is 0 Å². The number of rotatable bonds is 8. The van der Waals surface area contributed by atoms with Crippen LogP contribution in [-0.4, -0.2) is 40.4 Å². The second-order valence-electron chi connectivity index (χ2n) is 5.68. The quantitative estimate of drug-likeness (QED) is 0.795. The molecule has 0 bridgehead atoms. The third-order valence-electron chi connectivity index (χ3n) is 4.13. The SMILES string of the molecule is CCN(CC)CC(C)NC(C)c1c(C)nn(CC)c1C. The van der Waals surface area contributed by atoms with Crippen molar-refractivity contribution in [1.29, 1.82) is 0 Å². The van der Waals surface area contributed by atoms with Crippen LogP contribution in [0, 0.1) is 13.8 Å². The molecule has 0 fully saturated rings. The Kier molecular flexibility index (Phi) is 6.69. The lowest BCUT2D eigenvalue weighted by Crippen LogP contribution is -2.40. The molecule has 1 aromatic rings. The van der Waals surface area contributed by atoms with E-state index in [1.807, 2.05) is 0 Å². The van der Waals surface area contributed by atoms with Crippen LogP contribution >= 0.6 is 0 Å². The van der Waals surface area contributed by atoms with Gasteiger partial charge in [-0.15, -0.1) is 0 Å². The molecule has 0 spiro atoms. The Morgan fingerprint density at radius 2 is 1.75 bits per heavy atom. The summed E-state index contributed by atoms with van der Waals surface area (Å²) in [6.07, 6.45) is 0. The molecule has 0 aliphatic carbocycles. The van der Waals surface area contributed by atoms with E-state index in [1.54, 1.807) is 0 Å². The van der Waals surface area contributed by atoms with E-state index in [2.05, 4.69) is 68.5 Å². The second-order valence-corrected chi connectivity index (χ2v) is 5.68. The molecular weight excluding hydrogens is 248 g/mol. The highest BCUT2D eigenvalue weighted by atomic mass is 15.3. The van der Waals surface area contributed by atoms with Gasteiger partial charge >= 0.3 is 0 Å². The molecule has 0 aliphatic heterocycles. The van der Waals surface area contributed by atoms with Crippen LogP contribution in [0.25, 0.3) is 0 Å². The lowest BCUT2D eigenvalue weighted by atomic mass is 10.1. The number of nitrogens with zero attached hydrogens (tertiary/aromatic N) is 3. The molecule has 1 rings (SSSR count). The van der Waals surface area contributed by atoms with E-state index in [0.29, 0.717) is 12.1 Å². The summed E-state index contributed by atoms with van der Waals surface area (Å²) in [7, 11) is 0. The Bertz CT molecular complexity index is 407. The molecule has 1 heterocycles. The van der Waals surface area contributed by atoms with Gasteiger partial charge in [-0.2, -0.15) is 5.10 Å². The molecule has 1 aromatic heterocycles. The molecule has 116 valence electrons. The maximum absolute atomic E-state index is 4.62. The molecule has 0 amide bonds. The molecule has 0 aliphatic rings. The molecule has 0 aromatic carbocycles. The van der Waals surface area contributed by atoms with E-state index < -0.39 is 0 Å². The van der Waals surface area contributed by atoms with E-state index in [-0.39, 0.29) is 0 Å². The Morgan fingerprint density at radius 1 is 1.15 bits per heavy atom. The highest BCUT2D eigenvalue weighted by Gasteiger charge is 2.19. The van der Waals surface area contributed by atoms with Crippen LogP contribution in [0.2, 0.25) is 0 Å². The van der Waals surface area contributed by atoms with Crippen LogP contribution in [-0.2, 0) is 6.54 Å². The van der Waals surface area contributed by atoms with E-state index in [1.165, 1.54) is 11.3 Å². The van der Waals surface area contributed by atoms with E-state index in [9.17, 15) is 0 Å². The number of aromatic nitrogens is 2. The van der Waals surface area contributed by atoms with Crippen LogP contribution in [0.5, 0.6) is 0 Å². The van der Waals surface area contributed by atoms with Crippen molar-refractivity contribution in [2.45, 2.75) is 67.1 Å². The molecular formula is C16H32N4. The average Bonchev–Trinajstić information content (AvgIpc) is 2.70. The van der Waals surface area contributed by atoms with Crippen molar-refractivity contribution in [3.8, 4) is 0 Å². The smallest absolute Gasteiger partial charge is 0.0644 e. The predicted molar refractivity (Wildman–Crippen MR) is 86.2 cm³/mol. The zero-order chi connectivity index (χ0) is 15.3. The molecule has 2 atom stereocenters. The normalized spacial score (nSPS) is 14.8. The van der Waals surface area contributed by atoms with Gasteiger partial charge in [0.25, 0.3) is 0 Å². The first-order valence-electron chi connectivity index (χ1n) is 7.96. The van der Waals surface area contributed by atoms with E-state index in [0.717, 1.165) is 31.9 Å². The van der Waals surface area contributed by atoms with E-state index in [4.69, 9.17) is 0 Å². The Hall–Kier alpha value is -0.870. The molecule has 4 heteroatoms. The number of nitrogens with one attached hydrogen (secondary N) is 1. The van der Waals surface area contributed by atoms with Crippen LogP contribution < -0.4 is 5.32 Å². The third kappa shape index (κ3) is 4.06. The van der Waals surface area contributed by atoms with Crippen molar-refractivity contribution < 1.29 is 0 Å². The summed E-state index contributed by atoms with van der Waals surface area (Å²) < 4.78 is 2.10. The Labute approximate surface area is 124 Å². The van der Waals surface area contributed by atoms with Gasteiger partial charge in [0.2, 0.25) is 0 Å². The largest absolute Gasteiger partial charge is 0.306 e. The standard InChI is InChI=1S/C16H32N4/c1-8-19(9-2)11-12(4)17-13(5)16-14(6)18-20(10-3)15(16)7/h12-13,17H,8-11H2,1-7H3. The van der Waals surface area contributed by atoms with Gasteiger partial charge in [0.05, 0.1) is 5.69 Å². The minimum absolute atomic E-state index is 0.348. The third-order valence-corrected chi connectivity index (χ3v) is 4.13. The number of aryl methyl sites for hydroxylation is 2. The number of hydrogen-bond donors (Lipinski definition) is 1. The van der Waals surface area contributed by atoms with Crippen molar-refractivity contribution in [2.24, 2.45) is 0 Å². The van der Waals surface area contributed by atoms with Crippen molar-refractivity contribution in [3.05, 3.63) is 17.0 Å². The minimum atomic E-state index is 0.348. The minimum Gasteiger partial charge on any atom is -0.306 e. The number of likely N-dealkylation sites (N-methyl/N-ethyl adjacent to an activating group) is 1. The van der Waals surface area contributed by atoms with Crippen LogP contribution in [0.1, 0.15) is 57.6 Å². The summed E-state index contributed by atoms with van der Waals surface area (Å²) in [5, 5.41) is 8.34. The fraction of sp³-hybridized carbons (Fsp3) is 0.812. The van der Waals surface area contributed by atoms with Gasteiger partial charge in [0.1, 0.15) is 0 Å². The van der Waals surface area contributed by atoms with Crippen LogP contribution in [0.15, 0.2) is 0 Å². The molecule has 1 N–H and O–H groups in total. The van der Waals surface area contributed by atoms with Gasteiger partial charge in [0.15, 0.2) is 0 Å². The Morgan fingerprint density at radius 3 is 2.20 bits per heavy atom. The maximum atomic E-state index is 4.62. The van der Waals surface area contributed by atoms with Crippen molar-refractivity contribution in [2.75, 3.05) is 19.6 Å². The molecule has 0 saturated carbocycles. The van der Waals surface area contributed by atoms with Gasteiger partial charge in [-0.3, -0.25) is 4.68 Å². The van der Waals surface area contributed by atoms with Gasteiger partial charge in [-0.05, 0) is 47.7 Å². The summed E-state index contributed by atoms with van der Waals surface area (Å²) in [5.41, 5.74) is 3.80. The van der Waals surface area contributed by atoms with Gasteiger partial charge in [0, 0.05) is 36.4 Å². The topological polar surface area (TPSA) is 33.1 Å². The van der Waals surface area contributed by atoms with Gasteiger partial charge < -0.3 is 10.2 Å². The monoisotopic (exact) mass is 280 g/mol. The lowest BCUT2D eigenvalue weighted by Gasteiger charge is -2.26. The van der Waals surface area contributed by atoms with E-state index >= 15 is 0 Å². The molecule has 20 heavy (non-hydrogen) atoms. The summed E-state index contributed by atoms with van der Waals surface area (Å²) in [6, 6.07) is 0.828. The fourth-order valence-electron chi connectivity index (χ4n) is 3.08. The lowest BCUT2D eigenvalue weighted by molar-refractivity contribution is 0.263. The predicted octanol–water partition coefficient (Wildman–Crippen LogP) is 2.90. The van der Waals surface area contributed by atoms with Crippen molar-refractivity contribution in [3.63, 3.8) is 0 Å². The molecule has 0 saturated heterocycles. The van der Waals surface area contributed by atoms with Gasteiger partial charge in [-0.25, -0.2) is 0 Å². The van der Waals surface area contributed by atoms with Crippen molar-refractivity contribution in [1.82, 2.24) is 20.0 Å². The maximum Gasteiger partial charge on any atom is 0.0644 e. The highest BCUT2D eigenvalue weighted by Crippen LogP contribution is 2.21. The highest BCUT2D eigenvalue weighted by molar-refractivity contribution is 5.27. The molecule has 0 radical (unpaired) electrons. The zero-order valence-electron chi connectivity index (χ0n) is 14.3. The van der Waals surface area contributed by atoms with Crippen LogP contribution in [0.3, 0.4) is 0 Å². The first-order chi connectivity index (χ1) is 9.44. The zero-order valence-corrected chi connectivity index (χ0v) is 14.3. The molecule has 2 unspecified atom stereocenters. The average molecular weight is 280 g/mol. The second kappa shape index (κ2) is 7.79. The summed E-state index contributed by atoms with van der Waals surface area (Å²) in [6.45, 7) is 19.6.